The lowest BCUT2D eigenvalue weighted by molar-refractivity contribution is 1.22. The molecule has 0 N–H and O–H groups in total. The molecule has 26 heavy (non-hydrogen) atoms. The molecule has 0 aliphatic rings. The van der Waals surface area contributed by atoms with Crippen LogP contribution in [0.15, 0.2) is 85.2 Å². The van der Waals surface area contributed by atoms with E-state index >= 15 is 0 Å². The zero-order valence-corrected chi connectivity index (χ0v) is 14.0. The first-order chi connectivity index (χ1) is 12.8. The summed E-state index contributed by atoms with van der Waals surface area (Å²) in [6.07, 6.45) is 9.00. The van der Waals surface area contributed by atoms with Crippen molar-refractivity contribution in [2.45, 2.75) is 0 Å². The molecule has 1 aromatic carbocycles. The average molecular weight is 333 g/mol. The van der Waals surface area contributed by atoms with E-state index < -0.39 is 0 Å². The van der Waals surface area contributed by atoms with Crippen molar-refractivity contribution >= 4 is 0 Å². The highest BCUT2D eigenvalue weighted by Gasteiger charge is 2.10. The first kappa shape index (κ1) is 15.7. The van der Waals surface area contributed by atoms with Gasteiger partial charge in [-0.15, -0.1) is 6.42 Å². The van der Waals surface area contributed by atoms with Crippen LogP contribution in [0.2, 0.25) is 0 Å². The van der Waals surface area contributed by atoms with Crippen LogP contribution < -0.4 is 0 Å². The van der Waals surface area contributed by atoms with Crippen LogP contribution in [0.1, 0.15) is 5.56 Å². The van der Waals surface area contributed by atoms with Crippen LogP contribution in [0.25, 0.3) is 33.9 Å². The molecule has 0 aliphatic heterocycles. The molecule has 4 rings (SSSR count). The number of hydrogen-bond donors (Lipinski definition) is 0. The summed E-state index contributed by atoms with van der Waals surface area (Å²) in [5, 5.41) is 0. The fourth-order valence-electron chi connectivity index (χ4n) is 2.75. The van der Waals surface area contributed by atoms with Crippen molar-refractivity contribution in [3.05, 3.63) is 90.8 Å². The van der Waals surface area contributed by atoms with Crippen LogP contribution in [-0.4, -0.2) is 15.0 Å². The Morgan fingerprint density at radius 3 is 1.65 bits per heavy atom. The van der Waals surface area contributed by atoms with Gasteiger partial charge in [-0.1, -0.05) is 30.2 Å². The zero-order chi connectivity index (χ0) is 17.8. The van der Waals surface area contributed by atoms with Gasteiger partial charge < -0.3 is 0 Å². The van der Waals surface area contributed by atoms with Gasteiger partial charge >= 0.3 is 0 Å². The Morgan fingerprint density at radius 1 is 0.615 bits per heavy atom. The highest BCUT2D eigenvalue weighted by molar-refractivity contribution is 5.74. The van der Waals surface area contributed by atoms with Gasteiger partial charge in [0.2, 0.25) is 0 Å². The van der Waals surface area contributed by atoms with Crippen molar-refractivity contribution in [1.82, 2.24) is 15.0 Å². The Balaban J connectivity index is 1.89. The predicted molar refractivity (Wildman–Crippen MR) is 104 cm³/mol. The zero-order valence-electron chi connectivity index (χ0n) is 14.0. The SMILES string of the molecule is C#Cc1ccc(-c2cc(-c3ccccn3)nc(-c3ccccn3)c2)cc1. The summed E-state index contributed by atoms with van der Waals surface area (Å²) in [7, 11) is 0. The van der Waals surface area contributed by atoms with Crippen LogP contribution in [0.4, 0.5) is 0 Å². The molecule has 0 saturated carbocycles. The van der Waals surface area contributed by atoms with E-state index in [2.05, 4.69) is 15.9 Å². The van der Waals surface area contributed by atoms with E-state index in [4.69, 9.17) is 11.4 Å². The Bertz CT molecular complexity index is 1010. The Kier molecular flexibility index (Phi) is 4.24. The fraction of sp³-hybridized carbons (Fsp3) is 0. The monoisotopic (exact) mass is 333 g/mol. The molecule has 0 saturated heterocycles. The second kappa shape index (κ2) is 7.00. The van der Waals surface area contributed by atoms with E-state index in [-0.39, 0.29) is 0 Å². The molecular weight excluding hydrogens is 318 g/mol. The molecule has 3 heterocycles. The van der Waals surface area contributed by atoms with Crippen molar-refractivity contribution in [2.75, 3.05) is 0 Å². The van der Waals surface area contributed by atoms with Crippen molar-refractivity contribution < 1.29 is 0 Å². The maximum Gasteiger partial charge on any atom is 0.0900 e. The Morgan fingerprint density at radius 2 is 1.19 bits per heavy atom. The predicted octanol–water partition coefficient (Wildman–Crippen LogP) is 4.85. The van der Waals surface area contributed by atoms with Crippen LogP contribution in [0.5, 0.6) is 0 Å². The van der Waals surface area contributed by atoms with Gasteiger partial charge in [-0.05, 0) is 59.7 Å². The molecule has 3 aromatic heterocycles. The maximum absolute atomic E-state index is 5.46. The van der Waals surface area contributed by atoms with Crippen LogP contribution >= 0.6 is 0 Å². The number of benzene rings is 1. The van der Waals surface area contributed by atoms with Gasteiger partial charge in [-0.3, -0.25) is 9.97 Å². The van der Waals surface area contributed by atoms with Gasteiger partial charge in [-0.2, -0.15) is 0 Å². The van der Waals surface area contributed by atoms with Crippen molar-refractivity contribution in [3.63, 3.8) is 0 Å². The normalized spacial score (nSPS) is 10.3. The number of aromatic nitrogens is 3. The molecule has 4 aromatic rings. The number of nitrogens with zero attached hydrogens (tertiary/aromatic N) is 3. The Labute approximate surface area is 152 Å². The smallest absolute Gasteiger partial charge is 0.0900 e. The lowest BCUT2D eigenvalue weighted by Crippen LogP contribution is -1.93. The molecule has 0 radical (unpaired) electrons. The third kappa shape index (κ3) is 3.22. The first-order valence-corrected chi connectivity index (χ1v) is 8.25. The minimum atomic E-state index is 0.810. The van der Waals surface area contributed by atoms with E-state index in [1.807, 2.05) is 72.8 Å². The van der Waals surface area contributed by atoms with Gasteiger partial charge in [-0.25, -0.2) is 4.98 Å². The molecule has 0 spiro atoms. The van der Waals surface area contributed by atoms with Gasteiger partial charge in [0.1, 0.15) is 0 Å². The number of rotatable bonds is 3. The highest BCUT2D eigenvalue weighted by atomic mass is 14.8. The lowest BCUT2D eigenvalue weighted by Gasteiger charge is -2.09. The number of pyridine rings is 3. The average Bonchev–Trinajstić information content (AvgIpc) is 2.75. The summed E-state index contributed by atoms with van der Waals surface area (Å²) in [5.74, 6) is 2.65. The summed E-state index contributed by atoms with van der Waals surface area (Å²) in [6, 6.07) is 23.6. The van der Waals surface area contributed by atoms with E-state index in [1.54, 1.807) is 12.4 Å². The third-order valence-corrected chi connectivity index (χ3v) is 4.06. The second-order valence-corrected chi connectivity index (χ2v) is 5.78. The molecular formula is C23H15N3. The fourth-order valence-corrected chi connectivity index (χ4v) is 2.75. The summed E-state index contributed by atoms with van der Waals surface area (Å²) >= 11 is 0. The van der Waals surface area contributed by atoms with E-state index in [1.165, 1.54) is 0 Å². The van der Waals surface area contributed by atoms with Gasteiger partial charge in [0, 0.05) is 18.0 Å². The third-order valence-electron chi connectivity index (χ3n) is 4.06. The van der Waals surface area contributed by atoms with E-state index in [0.717, 1.165) is 39.5 Å². The lowest BCUT2D eigenvalue weighted by atomic mass is 10.0. The molecule has 0 unspecified atom stereocenters. The standard InChI is InChI=1S/C23H15N3/c1-2-17-9-11-18(12-10-17)19-15-22(20-7-3-5-13-24-20)26-23(16-19)21-8-4-6-14-25-21/h1,3-16H. The molecule has 0 fully saturated rings. The molecule has 3 heteroatoms. The molecule has 0 bridgehead atoms. The summed E-state index contributed by atoms with van der Waals surface area (Å²) < 4.78 is 0. The topological polar surface area (TPSA) is 38.7 Å². The van der Waals surface area contributed by atoms with Crippen LogP contribution in [-0.2, 0) is 0 Å². The minimum absolute atomic E-state index is 0.810. The van der Waals surface area contributed by atoms with Crippen molar-refractivity contribution in [3.8, 4) is 46.2 Å². The molecule has 0 amide bonds. The molecule has 122 valence electrons. The van der Waals surface area contributed by atoms with Gasteiger partial charge in [0.25, 0.3) is 0 Å². The van der Waals surface area contributed by atoms with Crippen LogP contribution in [0.3, 0.4) is 0 Å². The van der Waals surface area contributed by atoms with E-state index in [9.17, 15) is 0 Å². The second-order valence-electron chi connectivity index (χ2n) is 5.78. The highest BCUT2D eigenvalue weighted by Crippen LogP contribution is 2.28. The van der Waals surface area contributed by atoms with Crippen molar-refractivity contribution in [2.24, 2.45) is 0 Å². The molecule has 0 aliphatic carbocycles. The largest absolute Gasteiger partial charge is 0.255 e. The van der Waals surface area contributed by atoms with Gasteiger partial charge in [0.05, 0.1) is 22.8 Å². The van der Waals surface area contributed by atoms with Gasteiger partial charge in [0.15, 0.2) is 0 Å². The molecule has 0 atom stereocenters. The summed E-state index contributed by atoms with van der Waals surface area (Å²) in [4.78, 5) is 13.6. The number of terminal acetylenes is 1. The minimum Gasteiger partial charge on any atom is -0.255 e. The summed E-state index contributed by atoms with van der Waals surface area (Å²) in [6.45, 7) is 0. The number of hydrogen-bond acceptors (Lipinski definition) is 3. The maximum atomic E-state index is 5.46. The van der Waals surface area contributed by atoms with Crippen molar-refractivity contribution in [1.29, 1.82) is 0 Å². The summed E-state index contributed by atoms with van der Waals surface area (Å²) in [5.41, 5.74) is 6.25. The molecule has 3 nitrogen and oxygen atoms in total. The Hall–Kier alpha value is -3.77. The quantitative estimate of drug-likeness (QED) is 0.503. The van der Waals surface area contributed by atoms with Crippen LogP contribution in [0, 0.1) is 12.3 Å². The first-order valence-electron chi connectivity index (χ1n) is 8.25. The van der Waals surface area contributed by atoms with E-state index in [0.29, 0.717) is 0 Å².